The van der Waals surface area contributed by atoms with Crippen molar-refractivity contribution < 1.29 is 14.0 Å². The number of fused-ring (bicyclic) bond motifs is 3. The fourth-order valence-corrected chi connectivity index (χ4v) is 5.14. The molecule has 6 nitrogen and oxygen atoms in total. The van der Waals surface area contributed by atoms with Crippen molar-refractivity contribution in [3.63, 3.8) is 0 Å². The van der Waals surface area contributed by atoms with Crippen LogP contribution >= 0.6 is 11.3 Å². The zero-order valence-electron chi connectivity index (χ0n) is 18.1. The smallest absolute Gasteiger partial charge is 0.267 e. The molecule has 7 heteroatoms. The van der Waals surface area contributed by atoms with Crippen LogP contribution in [0.1, 0.15) is 26.5 Å². The first kappa shape index (κ1) is 19.8. The van der Waals surface area contributed by atoms with E-state index in [-0.39, 0.29) is 17.1 Å². The van der Waals surface area contributed by atoms with E-state index in [2.05, 4.69) is 9.97 Å². The van der Waals surface area contributed by atoms with Crippen molar-refractivity contribution >= 4 is 51.1 Å². The largest absolute Gasteiger partial charge is 0.415 e. The van der Waals surface area contributed by atoms with Gasteiger partial charge in [0.05, 0.1) is 10.5 Å². The number of ketones is 2. The summed E-state index contributed by atoms with van der Waals surface area (Å²) in [6, 6.07) is 24.7. The molecule has 0 saturated heterocycles. The standard InChI is InChI=1S/C28H15N3O3S/c32-24-19-13-16-7-4-5-8-17(16)14-20(19)25(33)21(24)15-23-29-28-26(31(23)18-9-2-1-3-10-18)30-27(34-28)22-11-6-12-35-22/h1-15H. The number of para-hydroxylation sites is 1. The van der Waals surface area contributed by atoms with Gasteiger partial charge in [0.25, 0.3) is 5.71 Å². The maximum Gasteiger partial charge on any atom is 0.267 e. The summed E-state index contributed by atoms with van der Waals surface area (Å²) in [5, 5.41) is 3.79. The van der Waals surface area contributed by atoms with Gasteiger partial charge in [0.1, 0.15) is 5.82 Å². The SMILES string of the molecule is O=C1C(=Cc2nc3oc(-c4cccs4)nc3n2-c2ccccc2)C(=O)c2cc3ccccc3cc21. The second-order valence-corrected chi connectivity index (χ2v) is 9.17. The third-order valence-electron chi connectivity index (χ3n) is 6.13. The quantitative estimate of drug-likeness (QED) is 0.221. The van der Waals surface area contributed by atoms with Crippen LogP contribution < -0.4 is 0 Å². The third-order valence-corrected chi connectivity index (χ3v) is 6.99. The Balaban J connectivity index is 1.41. The summed E-state index contributed by atoms with van der Waals surface area (Å²) in [5.41, 5.74) is 2.57. The molecule has 0 unspecified atom stereocenters. The number of rotatable bonds is 3. The van der Waals surface area contributed by atoms with Crippen LogP contribution in [0, 0.1) is 0 Å². The summed E-state index contributed by atoms with van der Waals surface area (Å²) in [7, 11) is 0. The van der Waals surface area contributed by atoms with Gasteiger partial charge < -0.3 is 4.42 Å². The lowest BCUT2D eigenvalue weighted by Gasteiger charge is -2.05. The maximum atomic E-state index is 13.3. The highest BCUT2D eigenvalue weighted by molar-refractivity contribution is 7.13. The van der Waals surface area contributed by atoms with Crippen molar-refractivity contribution in [2.24, 2.45) is 0 Å². The Morgan fingerprint density at radius 2 is 1.49 bits per heavy atom. The summed E-state index contributed by atoms with van der Waals surface area (Å²) in [6.45, 7) is 0. The van der Waals surface area contributed by atoms with E-state index in [1.165, 1.54) is 11.3 Å². The molecule has 7 rings (SSSR count). The first-order valence-electron chi connectivity index (χ1n) is 11.0. The highest BCUT2D eigenvalue weighted by Gasteiger charge is 2.34. The van der Waals surface area contributed by atoms with Gasteiger partial charge in [-0.05, 0) is 52.6 Å². The molecule has 0 atom stereocenters. The van der Waals surface area contributed by atoms with E-state index >= 15 is 0 Å². The summed E-state index contributed by atoms with van der Waals surface area (Å²) in [4.78, 5) is 36.8. The third kappa shape index (κ3) is 3.02. The van der Waals surface area contributed by atoms with Crippen LogP contribution in [0.4, 0.5) is 0 Å². The normalized spacial score (nSPS) is 13.2. The second kappa shape index (κ2) is 7.44. The molecule has 0 saturated carbocycles. The van der Waals surface area contributed by atoms with Crippen molar-refractivity contribution in [1.29, 1.82) is 0 Å². The number of oxazole rings is 1. The number of imidazole rings is 1. The Morgan fingerprint density at radius 3 is 2.14 bits per heavy atom. The average Bonchev–Trinajstić information content (AvgIpc) is 3.65. The lowest BCUT2D eigenvalue weighted by molar-refractivity contribution is 0.0990. The van der Waals surface area contributed by atoms with Crippen LogP contribution in [0.25, 0.3) is 44.7 Å². The van der Waals surface area contributed by atoms with Crippen molar-refractivity contribution in [2.75, 3.05) is 0 Å². The van der Waals surface area contributed by atoms with E-state index < -0.39 is 0 Å². The van der Waals surface area contributed by atoms with Crippen molar-refractivity contribution in [2.45, 2.75) is 0 Å². The molecule has 6 aromatic rings. The van der Waals surface area contributed by atoms with E-state index in [1.807, 2.05) is 76.7 Å². The Hall–Kier alpha value is -4.62. The lowest BCUT2D eigenvalue weighted by atomic mass is 10.0. The van der Waals surface area contributed by atoms with E-state index in [0.29, 0.717) is 34.2 Å². The molecule has 0 spiro atoms. The Bertz CT molecular complexity index is 1770. The van der Waals surface area contributed by atoms with Gasteiger partial charge in [-0.3, -0.25) is 14.2 Å². The van der Waals surface area contributed by atoms with Gasteiger partial charge in [0.2, 0.25) is 11.5 Å². The number of carbonyl (C=O) groups excluding carboxylic acids is 2. The molecule has 166 valence electrons. The number of hydrogen-bond acceptors (Lipinski definition) is 6. The molecule has 0 fully saturated rings. The van der Waals surface area contributed by atoms with E-state index in [0.717, 1.165) is 21.3 Å². The van der Waals surface area contributed by atoms with Crippen molar-refractivity contribution in [1.82, 2.24) is 14.5 Å². The number of allylic oxidation sites excluding steroid dienone is 1. The van der Waals surface area contributed by atoms with Gasteiger partial charge in [0, 0.05) is 16.8 Å². The Labute approximate surface area is 202 Å². The minimum absolute atomic E-state index is 0.0821. The highest BCUT2D eigenvalue weighted by atomic mass is 32.1. The van der Waals surface area contributed by atoms with Crippen LogP contribution in [0.15, 0.2) is 94.2 Å². The van der Waals surface area contributed by atoms with Gasteiger partial charge in [-0.1, -0.05) is 48.5 Å². The van der Waals surface area contributed by atoms with E-state index in [1.54, 1.807) is 18.2 Å². The van der Waals surface area contributed by atoms with Gasteiger partial charge in [-0.2, -0.15) is 9.97 Å². The number of Topliss-reactive ketones (excluding diaryl/α,β-unsaturated/α-hetero) is 2. The van der Waals surface area contributed by atoms with Gasteiger partial charge >= 0.3 is 0 Å². The van der Waals surface area contributed by atoms with Gasteiger partial charge in [-0.25, -0.2) is 0 Å². The van der Waals surface area contributed by atoms with Crippen LogP contribution in [-0.2, 0) is 0 Å². The number of nitrogens with zero attached hydrogens (tertiary/aromatic N) is 3. The molecule has 1 aliphatic carbocycles. The summed E-state index contributed by atoms with van der Waals surface area (Å²) >= 11 is 1.53. The minimum Gasteiger partial charge on any atom is -0.415 e. The predicted octanol–water partition coefficient (Wildman–Crippen LogP) is 6.36. The second-order valence-electron chi connectivity index (χ2n) is 8.23. The number of hydrogen-bond donors (Lipinski definition) is 0. The topological polar surface area (TPSA) is 78.0 Å². The van der Waals surface area contributed by atoms with Crippen LogP contribution in [0.3, 0.4) is 0 Å². The maximum absolute atomic E-state index is 13.3. The summed E-state index contributed by atoms with van der Waals surface area (Å²) in [6.07, 6.45) is 1.55. The first-order chi connectivity index (χ1) is 17.2. The molecule has 0 N–H and O–H groups in total. The molecule has 3 heterocycles. The average molecular weight is 474 g/mol. The molecule has 3 aromatic heterocycles. The number of benzene rings is 3. The lowest BCUT2D eigenvalue weighted by Crippen LogP contribution is -2.04. The zero-order chi connectivity index (χ0) is 23.5. The fourth-order valence-electron chi connectivity index (χ4n) is 4.49. The molecular formula is C28H15N3O3S. The highest BCUT2D eigenvalue weighted by Crippen LogP contribution is 2.34. The van der Waals surface area contributed by atoms with Crippen LogP contribution in [-0.4, -0.2) is 26.1 Å². The first-order valence-corrected chi connectivity index (χ1v) is 11.9. The number of aromatic nitrogens is 3. The molecule has 0 aliphatic heterocycles. The predicted molar refractivity (Wildman–Crippen MR) is 135 cm³/mol. The summed E-state index contributed by atoms with van der Waals surface area (Å²) < 4.78 is 7.76. The minimum atomic E-state index is -0.304. The molecule has 0 bridgehead atoms. The molecule has 3 aromatic carbocycles. The molecule has 0 amide bonds. The van der Waals surface area contributed by atoms with Gasteiger partial charge in [0.15, 0.2) is 11.6 Å². The molecule has 35 heavy (non-hydrogen) atoms. The van der Waals surface area contributed by atoms with E-state index in [9.17, 15) is 9.59 Å². The molecule has 1 aliphatic rings. The molecule has 0 radical (unpaired) electrons. The zero-order valence-corrected chi connectivity index (χ0v) is 19.0. The number of carbonyl (C=O) groups is 2. The van der Waals surface area contributed by atoms with Gasteiger partial charge in [-0.15, -0.1) is 11.3 Å². The van der Waals surface area contributed by atoms with Crippen molar-refractivity contribution in [3.8, 4) is 16.5 Å². The monoisotopic (exact) mass is 473 g/mol. The summed E-state index contributed by atoms with van der Waals surface area (Å²) in [5.74, 6) is 0.280. The molecular weight excluding hydrogens is 458 g/mol. The Kier molecular flexibility index (Phi) is 4.21. The number of thiophene rings is 1. The Morgan fingerprint density at radius 1 is 0.800 bits per heavy atom. The van der Waals surface area contributed by atoms with Crippen molar-refractivity contribution in [3.05, 3.63) is 107 Å². The fraction of sp³-hybridized carbons (Fsp3) is 0. The van der Waals surface area contributed by atoms with Crippen LogP contribution in [0.5, 0.6) is 0 Å². The van der Waals surface area contributed by atoms with Crippen LogP contribution in [0.2, 0.25) is 0 Å². The van der Waals surface area contributed by atoms with E-state index in [4.69, 9.17) is 4.42 Å².